The highest BCUT2D eigenvalue weighted by Gasteiger charge is 2.64. The van der Waals surface area contributed by atoms with Gasteiger partial charge in [-0.25, -0.2) is 0 Å². The summed E-state index contributed by atoms with van der Waals surface area (Å²) in [5.74, 6) is -7.70. The fourth-order valence-electron chi connectivity index (χ4n) is 1.48. The molecular formula is C12H11ClF5NO. The molecule has 1 aromatic carbocycles. The highest BCUT2D eigenvalue weighted by atomic mass is 35.5. The van der Waals surface area contributed by atoms with Gasteiger partial charge in [-0.2, -0.15) is 22.0 Å². The molecule has 0 N–H and O–H groups in total. The van der Waals surface area contributed by atoms with Gasteiger partial charge < -0.3 is 4.90 Å². The molecule has 0 unspecified atom stereocenters. The van der Waals surface area contributed by atoms with Gasteiger partial charge in [0.2, 0.25) is 0 Å². The summed E-state index contributed by atoms with van der Waals surface area (Å²) in [5, 5.41) is 0.189. The number of benzene rings is 1. The summed E-state index contributed by atoms with van der Waals surface area (Å²) in [4.78, 5) is 11.8. The lowest BCUT2D eigenvalue weighted by molar-refractivity contribution is -0.274. The Balaban J connectivity index is 2.98. The van der Waals surface area contributed by atoms with E-state index in [2.05, 4.69) is 0 Å². The molecule has 112 valence electrons. The number of amides is 1. The van der Waals surface area contributed by atoms with Crippen molar-refractivity contribution in [3.63, 3.8) is 0 Å². The van der Waals surface area contributed by atoms with Crippen LogP contribution < -0.4 is 0 Å². The maximum atomic E-state index is 13.0. The van der Waals surface area contributed by atoms with Crippen LogP contribution in [0.2, 0.25) is 5.02 Å². The number of rotatable bonds is 4. The van der Waals surface area contributed by atoms with E-state index in [4.69, 9.17) is 11.6 Å². The summed E-state index contributed by atoms with van der Waals surface area (Å²) in [6.07, 6.45) is -5.92. The molecule has 0 aromatic heterocycles. The van der Waals surface area contributed by atoms with Crippen LogP contribution in [0.3, 0.4) is 0 Å². The number of carbonyl (C=O) groups is 1. The summed E-state index contributed by atoms with van der Waals surface area (Å²) in [6, 6.07) is 6.02. The minimum atomic E-state index is -5.92. The van der Waals surface area contributed by atoms with E-state index < -0.39 is 24.6 Å². The Bertz CT molecular complexity index is 489. The predicted octanol–water partition coefficient (Wildman–Crippen LogP) is 3.89. The average molecular weight is 316 g/mol. The molecule has 1 amide bonds. The zero-order chi connectivity index (χ0) is 15.6. The Labute approximate surface area is 117 Å². The van der Waals surface area contributed by atoms with Crippen molar-refractivity contribution < 1.29 is 26.7 Å². The molecule has 0 atom stereocenters. The first-order valence-corrected chi connectivity index (χ1v) is 5.96. The SMILES string of the molecule is CCN(Cc1ccccc1Cl)C(=O)C(F)(F)C(F)(F)F. The molecule has 0 bridgehead atoms. The Morgan fingerprint density at radius 2 is 1.75 bits per heavy atom. The lowest BCUT2D eigenvalue weighted by atomic mass is 10.2. The largest absolute Gasteiger partial charge is 0.463 e. The number of hydrogen-bond acceptors (Lipinski definition) is 1. The van der Waals surface area contributed by atoms with Crippen LogP contribution in [0.5, 0.6) is 0 Å². The molecule has 0 spiro atoms. The second-order valence-electron chi connectivity index (χ2n) is 3.98. The van der Waals surface area contributed by atoms with Crippen LogP contribution in [0.25, 0.3) is 0 Å². The van der Waals surface area contributed by atoms with Crippen molar-refractivity contribution in [1.29, 1.82) is 0 Å². The number of nitrogens with zero attached hydrogens (tertiary/aromatic N) is 1. The van der Waals surface area contributed by atoms with E-state index >= 15 is 0 Å². The van der Waals surface area contributed by atoms with E-state index in [0.717, 1.165) is 0 Å². The molecule has 0 aliphatic heterocycles. The topological polar surface area (TPSA) is 20.3 Å². The summed E-state index contributed by atoms with van der Waals surface area (Å²) < 4.78 is 62.6. The van der Waals surface area contributed by atoms with Gasteiger partial charge in [0.1, 0.15) is 0 Å². The molecule has 1 rings (SSSR count). The molecule has 0 radical (unpaired) electrons. The molecule has 1 aromatic rings. The van der Waals surface area contributed by atoms with Crippen LogP contribution in [-0.2, 0) is 11.3 Å². The van der Waals surface area contributed by atoms with Crippen molar-refractivity contribution >= 4 is 17.5 Å². The zero-order valence-electron chi connectivity index (χ0n) is 10.3. The fraction of sp³-hybridized carbons (Fsp3) is 0.417. The molecule has 0 fully saturated rings. The van der Waals surface area contributed by atoms with Crippen LogP contribution in [0, 0.1) is 0 Å². The maximum Gasteiger partial charge on any atom is 0.463 e. The van der Waals surface area contributed by atoms with Gasteiger partial charge in [0, 0.05) is 18.1 Å². The van der Waals surface area contributed by atoms with Crippen molar-refractivity contribution in [1.82, 2.24) is 4.90 Å². The van der Waals surface area contributed by atoms with E-state index in [0.29, 0.717) is 10.5 Å². The van der Waals surface area contributed by atoms with Crippen molar-refractivity contribution in [2.24, 2.45) is 0 Å². The van der Waals surface area contributed by atoms with Gasteiger partial charge >= 0.3 is 18.0 Å². The van der Waals surface area contributed by atoms with E-state index in [1.807, 2.05) is 0 Å². The molecule has 8 heteroatoms. The molecular weight excluding hydrogens is 305 g/mol. The van der Waals surface area contributed by atoms with Crippen LogP contribution >= 0.6 is 11.6 Å². The highest BCUT2D eigenvalue weighted by Crippen LogP contribution is 2.37. The Hall–Kier alpha value is -1.37. The van der Waals surface area contributed by atoms with E-state index in [-0.39, 0.29) is 11.6 Å². The first-order chi connectivity index (χ1) is 9.11. The maximum absolute atomic E-state index is 13.0. The highest BCUT2D eigenvalue weighted by molar-refractivity contribution is 6.31. The van der Waals surface area contributed by atoms with Crippen LogP contribution in [-0.4, -0.2) is 29.5 Å². The number of halogens is 6. The minimum Gasteiger partial charge on any atom is -0.333 e. The van der Waals surface area contributed by atoms with Gasteiger partial charge in [0.05, 0.1) is 0 Å². The number of carbonyl (C=O) groups excluding carboxylic acids is 1. The van der Waals surface area contributed by atoms with Gasteiger partial charge in [0.15, 0.2) is 0 Å². The van der Waals surface area contributed by atoms with Crippen molar-refractivity contribution in [2.45, 2.75) is 25.6 Å². The number of hydrogen-bond donors (Lipinski definition) is 0. The van der Waals surface area contributed by atoms with Crippen molar-refractivity contribution in [3.8, 4) is 0 Å². The van der Waals surface area contributed by atoms with Gasteiger partial charge in [-0.05, 0) is 18.6 Å². The lowest BCUT2D eigenvalue weighted by Gasteiger charge is -2.27. The smallest absolute Gasteiger partial charge is 0.333 e. The van der Waals surface area contributed by atoms with E-state index in [1.165, 1.54) is 19.1 Å². The third-order valence-corrected chi connectivity index (χ3v) is 2.98. The van der Waals surface area contributed by atoms with Crippen molar-refractivity contribution in [3.05, 3.63) is 34.9 Å². The average Bonchev–Trinajstić information content (AvgIpc) is 2.35. The normalized spacial score (nSPS) is 12.3. The summed E-state index contributed by atoms with van der Waals surface area (Å²) in [6.45, 7) is 0.595. The molecule has 0 aliphatic rings. The van der Waals surface area contributed by atoms with Crippen LogP contribution in [0.1, 0.15) is 12.5 Å². The third-order valence-electron chi connectivity index (χ3n) is 2.61. The fourth-order valence-corrected chi connectivity index (χ4v) is 1.67. The molecule has 0 heterocycles. The standard InChI is InChI=1S/C12H11ClF5NO/c1-2-19(7-8-5-3-4-6-9(8)13)10(20)11(14,15)12(16,17)18/h3-6H,2,7H2,1H3. The lowest BCUT2D eigenvalue weighted by Crippen LogP contribution is -2.51. The second-order valence-corrected chi connectivity index (χ2v) is 4.39. The van der Waals surface area contributed by atoms with Crippen LogP contribution in [0.15, 0.2) is 24.3 Å². The molecule has 0 saturated heterocycles. The van der Waals surface area contributed by atoms with Crippen LogP contribution in [0.4, 0.5) is 22.0 Å². The minimum absolute atomic E-state index is 0.189. The van der Waals surface area contributed by atoms with Gasteiger partial charge in [-0.3, -0.25) is 4.79 Å². The number of alkyl halides is 5. The quantitative estimate of drug-likeness (QED) is 0.772. The van der Waals surface area contributed by atoms with Gasteiger partial charge in [0.25, 0.3) is 0 Å². The van der Waals surface area contributed by atoms with Gasteiger partial charge in [-0.1, -0.05) is 29.8 Å². The Morgan fingerprint density at radius 3 is 2.20 bits per heavy atom. The monoisotopic (exact) mass is 315 g/mol. The first kappa shape index (κ1) is 16.7. The summed E-state index contributed by atoms with van der Waals surface area (Å²) >= 11 is 5.79. The Morgan fingerprint density at radius 1 is 1.20 bits per heavy atom. The first-order valence-electron chi connectivity index (χ1n) is 5.58. The Kier molecular flexibility index (Phi) is 4.96. The molecule has 0 aliphatic carbocycles. The van der Waals surface area contributed by atoms with E-state index in [9.17, 15) is 26.7 Å². The van der Waals surface area contributed by atoms with E-state index in [1.54, 1.807) is 12.1 Å². The predicted molar refractivity (Wildman–Crippen MR) is 63.5 cm³/mol. The summed E-state index contributed by atoms with van der Waals surface area (Å²) in [5.41, 5.74) is 0.294. The molecule has 2 nitrogen and oxygen atoms in total. The third kappa shape index (κ3) is 3.39. The summed E-state index contributed by atoms with van der Waals surface area (Å²) in [7, 11) is 0. The zero-order valence-corrected chi connectivity index (χ0v) is 11.1. The molecule has 0 saturated carbocycles. The van der Waals surface area contributed by atoms with Crippen molar-refractivity contribution in [2.75, 3.05) is 6.54 Å². The second kappa shape index (κ2) is 5.95. The molecule has 20 heavy (non-hydrogen) atoms. The van der Waals surface area contributed by atoms with Gasteiger partial charge in [-0.15, -0.1) is 0 Å².